The molecule has 0 N–H and O–H groups in total. The molecule has 5 heteroatoms. The third kappa shape index (κ3) is 2.29. The van der Waals surface area contributed by atoms with Gasteiger partial charge in [0.1, 0.15) is 5.76 Å². The Kier molecular flexibility index (Phi) is 3.03. The van der Waals surface area contributed by atoms with Gasteiger partial charge in [0.2, 0.25) is 11.8 Å². The second kappa shape index (κ2) is 4.47. The van der Waals surface area contributed by atoms with Gasteiger partial charge < -0.3 is 4.52 Å². The zero-order chi connectivity index (χ0) is 11.5. The highest BCUT2D eigenvalue weighted by Gasteiger charge is 2.25. The lowest BCUT2D eigenvalue weighted by Crippen LogP contribution is -2.41. The van der Waals surface area contributed by atoms with Gasteiger partial charge in [-0.1, -0.05) is 5.16 Å². The zero-order valence-electron chi connectivity index (χ0n) is 9.23. The lowest BCUT2D eigenvalue weighted by Gasteiger charge is -2.24. The monoisotopic (exact) mass is 222 g/mol. The quantitative estimate of drug-likeness (QED) is 0.717. The first kappa shape index (κ1) is 10.9. The van der Waals surface area contributed by atoms with Crippen LogP contribution in [0.25, 0.3) is 0 Å². The van der Waals surface area contributed by atoms with Gasteiger partial charge in [-0.15, -0.1) is 0 Å². The number of hydrogen-bond donors (Lipinski definition) is 0. The summed E-state index contributed by atoms with van der Waals surface area (Å²) in [6.45, 7) is 2.23. The van der Waals surface area contributed by atoms with Crippen molar-refractivity contribution in [3.05, 3.63) is 17.5 Å². The van der Waals surface area contributed by atoms with E-state index in [0.29, 0.717) is 38.0 Å². The third-order valence-electron chi connectivity index (χ3n) is 2.64. The van der Waals surface area contributed by atoms with E-state index in [0.717, 1.165) is 5.69 Å². The zero-order valence-corrected chi connectivity index (χ0v) is 9.23. The molecule has 0 atom stereocenters. The summed E-state index contributed by atoms with van der Waals surface area (Å²) in [5.41, 5.74) is 0.811. The van der Waals surface area contributed by atoms with Crippen molar-refractivity contribution in [3.63, 3.8) is 0 Å². The number of amides is 2. The average Bonchev–Trinajstić information content (AvgIpc) is 2.63. The lowest BCUT2D eigenvalue weighted by atomic mass is 10.1. The maximum Gasteiger partial charge on any atom is 0.229 e. The fourth-order valence-corrected chi connectivity index (χ4v) is 1.81. The van der Waals surface area contributed by atoms with Crippen LogP contribution >= 0.6 is 0 Å². The minimum Gasteiger partial charge on any atom is -0.361 e. The Bertz CT molecular complexity index is 395. The number of carbonyl (C=O) groups excluding carboxylic acids is 2. The van der Waals surface area contributed by atoms with E-state index in [4.69, 9.17) is 4.52 Å². The van der Waals surface area contributed by atoms with E-state index in [1.807, 2.05) is 13.0 Å². The first-order valence-electron chi connectivity index (χ1n) is 5.42. The van der Waals surface area contributed by atoms with Crippen LogP contribution in [-0.2, 0) is 16.0 Å². The van der Waals surface area contributed by atoms with Gasteiger partial charge in [0, 0.05) is 31.9 Å². The summed E-state index contributed by atoms with van der Waals surface area (Å²) >= 11 is 0. The second-order valence-electron chi connectivity index (χ2n) is 3.98. The SMILES string of the molecule is Cc1cc(CCN2C(=O)CCCC2=O)on1. The Morgan fingerprint density at radius 1 is 1.38 bits per heavy atom. The maximum atomic E-state index is 11.5. The van der Waals surface area contributed by atoms with E-state index in [1.54, 1.807) is 0 Å². The van der Waals surface area contributed by atoms with Gasteiger partial charge in [0.05, 0.1) is 5.69 Å². The molecule has 86 valence electrons. The summed E-state index contributed by atoms with van der Waals surface area (Å²) in [7, 11) is 0. The van der Waals surface area contributed by atoms with Crippen molar-refractivity contribution in [2.45, 2.75) is 32.6 Å². The van der Waals surface area contributed by atoms with Gasteiger partial charge in [-0.3, -0.25) is 14.5 Å². The van der Waals surface area contributed by atoms with Crippen LogP contribution in [0.1, 0.15) is 30.7 Å². The highest BCUT2D eigenvalue weighted by Crippen LogP contribution is 2.13. The molecule has 2 amide bonds. The van der Waals surface area contributed by atoms with E-state index in [2.05, 4.69) is 5.16 Å². The predicted molar refractivity (Wildman–Crippen MR) is 55.5 cm³/mol. The number of rotatable bonds is 3. The molecule has 0 bridgehead atoms. The topological polar surface area (TPSA) is 63.4 Å². The largest absolute Gasteiger partial charge is 0.361 e. The van der Waals surface area contributed by atoms with E-state index in [1.165, 1.54) is 4.90 Å². The van der Waals surface area contributed by atoms with Crippen molar-refractivity contribution in [1.82, 2.24) is 10.1 Å². The number of aromatic nitrogens is 1. The molecule has 2 heterocycles. The Hall–Kier alpha value is -1.65. The highest BCUT2D eigenvalue weighted by molar-refractivity contribution is 5.97. The Morgan fingerprint density at radius 3 is 2.62 bits per heavy atom. The van der Waals surface area contributed by atoms with Gasteiger partial charge in [0.25, 0.3) is 0 Å². The molecule has 0 aliphatic carbocycles. The molecular weight excluding hydrogens is 208 g/mol. The first-order valence-corrected chi connectivity index (χ1v) is 5.42. The molecule has 16 heavy (non-hydrogen) atoms. The van der Waals surface area contributed by atoms with E-state index >= 15 is 0 Å². The summed E-state index contributed by atoms with van der Waals surface area (Å²) in [4.78, 5) is 24.3. The normalized spacial score (nSPS) is 16.9. The Balaban J connectivity index is 1.93. The summed E-state index contributed by atoms with van der Waals surface area (Å²) in [6.07, 6.45) is 2.16. The predicted octanol–water partition coefficient (Wildman–Crippen LogP) is 1.06. The molecule has 1 aromatic heterocycles. The van der Waals surface area contributed by atoms with Crippen molar-refractivity contribution in [3.8, 4) is 0 Å². The molecule has 0 radical (unpaired) electrons. The van der Waals surface area contributed by atoms with Crippen LogP contribution in [0.2, 0.25) is 0 Å². The molecule has 0 unspecified atom stereocenters. The van der Waals surface area contributed by atoms with Crippen molar-refractivity contribution < 1.29 is 14.1 Å². The molecule has 1 aliphatic heterocycles. The van der Waals surface area contributed by atoms with E-state index in [9.17, 15) is 9.59 Å². The number of likely N-dealkylation sites (tertiary alicyclic amines) is 1. The Labute approximate surface area is 93.4 Å². The minimum atomic E-state index is -0.0764. The van der Waals surface area contributed by atoms with Crippen LogP contribution in [0.4, 0.5) is 0 Å². The van der Waals surface area contributed by atoms with Gasteiger partial charge in [0.15, 0.2) is 0 Å². The van der Waals surface area contributed by atoms with Crippen molar-refractivity contribution in [1.29, 1.82) is 0 Å². The van der Waals surface area contributed by atoms with Crippen molar-refractivity contribution in [2.75, 3.05) is 6.54 Å². The first-order chi connectivity index (χ1) is 7.66. The Morgan fingerprint density at radius 2 is 2.06 bits per heavy atom. The maximum absolute atomic E-state index is 11.5. The van der Waals surface area contributed by atoms with E-state index in [-0.39, 0.29) is 11.8 Å². The van der Waals surface area contributed by atoms with Gasteiger partial charge in [-0.2, -0.15) is 0 Å². The van der Waals surface area contributed by atoms with E-state index < -0.39 is 0 Å². The molecule has 1 aliphatic rings. The van der Waals surface area contributed by atoms with Gasteiger partial charge >= 0.3 is 0 Å². The standard InChI is InChI=1S/C11H14N2O3/c1-8-7-9(16-12-8)5-6-13-10(14)3-2-4-11(13)15/h7H,2-6H2,1H3. The number of carbonyl (C=O) groups is 2. The van der Waals surface area contributed by atoms with Gasteiger partial charge in [-0.05, 0) is 13.3 Å². The van der Waals surface area contributed by atoms with Crippen LogP contribution in [0, 0.1) is 6.92 Å². The molecular formula is C11H14N2O3. The van der Waals surface area contributed by atoms with Crippen LogP contribution in [0.3, 0.4) is 0 Å². The molecule has 5 nitrogen and oxygen atoms in total. The summed E-state index contributed by atoms with van der Waals surface area (Å²) in [5.74, 6) is 0.559. The second-order valence-corrected chi connectivity index (χ2v) is 3.98. The van der Waals surface area contributed by atoms with Crippen LogP contribution in [-0.4, -0.2) is 28.4 Å². The summed E-state index contributed by atoms with van der Waals surface area (Å²) in [5, 5.41) is 3.76. The summed E-state index contributed by atoms with van der Waals surface area (Å²) < 4.78 is 5.03. The smallest absolute Gasteiger partial charge is 0.229 e. The number of piperidine rings is 1. The highest BCUT2D eigenvalue weighted by atomic mass is 16.5. The fourth-order valence-electron chi connectivity index (χ4n) is 1.81. The molecule has 1 saturated heterocycles. The van der Waals surface area contributed by atoms with Gasteiger partial charge in [-0.25, -0.2) is 0 Å². The molecule has 1 aromatic rings. The van der Waals surface area contributed by atoms with Crippen molar-refractivity contribution >= 4 is 11.8 Å². The van der Waals surface area contributed by atoms with Crippen LogP contribution in [0.15, 0.2) is 10.6 Å². The lowest BCUT2D eigenvalue weighted by molar-refractivity contribution is -0.147. The minimum absolute atomic E-state index is 0.0764. The molecule has 1 fully saturated rings. The van der Waals surface area contributed by atoms with Crippen LogP contribution in [0.5, 0.6) is 0 Å². The van der Waals surface area contributed by atoms with Crippen molar-refractivity contribution in [2.24, 2.45) is 0 Å². The molecule has 2 rings (SSSR count). The number of imide groups is 1. The number of nitrogens with zero attached hydrogens (tertiary/aromatic N) is 2. The molecule has 0 spiro atoms. The number of hydrogen-bond acceptors (Lipinski definition) is 4. The summed E-state index contributed by atoms with van der Waals surface area (Å²) in [6, 6.07) is 1.82. The third-order valence-corrected chi connectivity index (χ3v) is 2.64. The molecule has 0 aromatic carbocycles. The molecule has 0 saturated carbocycles. The number of aryl methyl sites for hydroxylation is 1. The average molecular weight is 222 g/mol. The van der Waals surface area contributed by atoms with Crippen LogP contribution < -0.4 is 0 Å². The fraction of sp³-hybridized carbons (Fsp3) is 0.545.